The number of carbonyl (C=O) groups excluding carboxylic acids is 1. The molecule has 3 atom stereocenters. The third-order valence-electron chi connectivity index (χ3n) is 6.39. The number of ether oxygens (including phenoxy) is 2. The van der Waals surface area contributed by atoms with E-state index in [0.717, 1.165) is 18.7 Å². The van der Waals surface area contributed by atoms with E-state index in [-0.39, 0.29) is 35.6 Å². The van der Waals surface area contributed by atoms with Crippen LogP contribution in [0.2, 0.25) is 0 Å². The van der Waals surface area contributed by atoms with Crippen LogP contribution in [-0.4, -0.2) is 105 Å². The van der Waals surface area contributed by atoms with Crippen LogP contribution in [0.5, 0.6) is 5.75 Å². The molecule has 9 nitrogen and oxygen atoms in total. The van der Waals surface area contributed by atoms with Gasteiger partial charge in [-0.1, -0.05) is 25.1 Å². The molecule has 0 unspecified atom stereocenters. The molecule has 3 rings (SSSR count). The summed E-state index contributed by atoms with van der Waals surface area (Å²) in [6.07, 6.45) is 3.32. The lowest BCUT2D eigenvalue weighted by Crippen LogP contribution is -2.51. The third kappa shape index (κ3) is 6.17. The van der Waals surface area contributed by atoms with E-state index in [1.807, 2.05) is 26.0 Å². The van der Waals surface area contributed by atoms with Gasteiger partial charge in [0.1, 0.15) is 16.7 Å². The smallest absolute Gasteiger partial charge is 0.247 e. The number of nitrogens with zero attached hydrogens (tertiary/aromatic N) is 3. The van der Waals surface area contributed by atoms with Crippen LogP contribution >= 0.6 is 0 Å². The van der Waals surface area contributed by atoms with Crippen molar-refractivity contribution in [2.75, 3.05) is 59.6 Å². The Bertz CT molecular complexity index is 977. The Morgan fingerprint density at radius 3 is 2.68 bits per heavy atom. The summed E-state index contributed by atoms with van der Waals surface area (Å²) in [7, 11) is -2.13. The number of likely N-dealkylation sites (N-methyl/N-ethyl adjacent to an activating group) is 1. The van der Waals surface area contributed by atoms with Crippen LogP contribution in [0.3, 0.4) is 0 Å². The first-order valence-corrected chi connectivity index (χ1v) is 13.2. The number of fused-ring (bicyclic) bond motifs is 1. The number of hydrogen-bond acceptors (Lipinski definition) is 7. The zero-order valence-electron chi connectivity index (χ0n) is 20.5. The van der Waals surface area contributed by atoms with Gasteiger partial charge in [-0.15, -0.1) is 0 Å². The van der Waals surface area contributed by atoms with E-state index in [1.54, 1.807) is 37.1 Å². The number of amides is 1. The lowest BCUT2D eigenvalue weighted by Gasteiger charge is -2.38. The van der Waals surface area contributed by atoms with E-state index in [9.17, 15) is 18.3 Å². The molecule has 0 aliphatic carbocycles. The molecular formula is C24H37N3O6S. The van der Waals surface area contributed by atoms with Crippen molar-refractivity contribution in [3.05, 3.63) is 29.8 Å². The van der Waals surface area contributed by atoms with Crippen molar-refractivity contribution in [2.45, 2.75) is 37.8 Å². The molecule has 1 saturated heterocycles. The van der Waals surface area contributed by atoms with Crippen molar-refractivity contribution in [1.29, 1.82) is 0 Å². The molecule has 2 aliphatic rings. The number of aliphatic hydroxyl groups excluding tert-OH is 1. The van der Waals surface area contributed by atoms with Crippen LogP contribution in [-0.2, 0) is 19.6 Å². The Balaban J connectivity index is 1.89. The van der Waals surface area contributed by atoms with Crippen LogP contribution in [0.1, 0.15) is 26.3 Å². The van der Waals surface area contributed by atoms with Gasteiger partial charge in [0, 0.05) is 38.6 Å². The molecule has 0 saturated carbocycles. The Kier molecular flexibility index (Phi) is 9.11. The van der Waals surface area contributed by atoms with Gasteiger partial charge in [0.05, 0.1) is 32.9 Å². The van der Waals surface area contributed by atoms with Crippen LogP contribution in [0.4, 0.5) is 0 Å². The van der Waals surface area contributed by atoms with Crippen LogP contribution in [0, 0.1) is 5.92 Å². The molecule has 2 heterocycles. The highest BCUT2D eigenvalue weighted by atomic mass is 32.2. The highest BCUT2D eigenvalue weighted by Crippen LogP contribution is 2.34. The summed E-state index contributed by atoms with van der Waals surface area (Å²) >= 11 is 0. The van der Waals surface area contributed by atoms with Crippen molar-refractivity contribution in [3.8, 4) is 5.75 Å². The first kappa shape index (κ1) is 26.6. The summed E-state index contributed by atoms with van der Waals surface area (Å²) in [5, 5.41) is 9.76. The van der Waals surface area contributed by atoms with Gasteiger partial charge in [-0.25, -0.2) is 8.42 Å². The fourth-order valence-electron chi connectivity index (χ4n) is 4.20. The van der Waals surface area contributed by atoms with Gasteiger partial charge in [0.2, 0.25) is 15.9 Å². The maximum Gasteiger partial charge on any atom is 0.247 e. The summed E-state index contributed by atoms with van der Waals surface area (Å²) in [6, 6.07) is 4.42. The van der Waals surface area contributed by atoms with E-state index in [2.05, 4.69) is 4.90 Å². The van der Waals surface area contributed by atoms with Crippen LogP contribution in [0.15, 0.2) is 29.2 Å². The molecule has 1 aromatic carbocycles. The number of aliphatic hydroxyl groups is 1. The quantitative estimate of drug-likeness (QED) is 0.608. The predicted octanol–water partition coefficient (Wildman–Crippen LogP) is 1.28. The summed E-state index contributed by atoms with van der Waals surface area (Å²) in [5.41, 5.74) is 0.821. The Labute approximate surface area is 203 Å². The number of carbonyl (C=O) groups is 1. The van der Waals surface area contributed by atoms with Gasteiger partial charge >= 0.3 is 0 Å². The Morgan fingerprint density at radius 1 is 1.32 bits per heavy atom. The highest BCUT2D eigenvalue weighted by molar-refractivity contribution is 7.89. The Morgan fingerprint density at radius 2 is 2.03 bits per heavy atom. The molecule has 0 radical (unpaired) electrons. The topological polar surface area (TPSA) is 99.6 Å². The molecule has 2 aliphatic heterocycles. The van der Waals surface area contributed by atoms with Gasteiger partial charge < -0.3 is 19.5 Å². The lowest BCUT2D eigenvalue weighted by atomic mass is 10.0. The minimum Gasteiger partial charge on any atom is -0.487 e. The normalized spacial score (nSPS) is 24.6. The average molecular weight is 496 g/mol. The average Bonchev–Trinajstić information content (AvgIpc) is 2.81. The first-order valence-electron chi connectivity index (χ1n) is 11.8. The minimum atomic E-state index is -3.88. The van der Waals surface area contributed by atoms with Gasteiger partial charge in [-0.2, -0.15) is 4.31 Å². The monoisotopic (exact) mass is 495 g/mol. The fourth-order valence-corrected chi connectivity index (χ4v) is 6.02. The lowest BCUT2D eigenvalue weighted by molar-refractivity contribution is -0.133. The molecule has 1 aromatic rings. The van der Waals surface area contributed by atoms with E-state index >= 15 is 0 Å². The predicted molar refractivity (Wildman–Crippen MR) is 130 cm³/mol. The van der Waals surface area contributed by atoms with Crippen molar-refractivity contribution in [2.24, 2.45) is 5.92 Å². The highest BCUT2D eigenvalue weighted by Gasteiger charge is 2.38. The molecule has 34 heavy (non-hydrogen) atoms. The van der Waals surface area contributed by atoms with Crippen LogP contribution in [0.25, 0.3) is 6.08 Å². The van der Waals surface area contributed by atoms with Crippen molar-refractivity contribution < 1.29 is 27.8 Å². The van der Waals surface area contributed by atoms with Crippen molar-refractivity contribution >= 4 is 22.0 Å². The maximum absolute atomic E-state index is 13.5. The van der Waals surface area contributed by atoms with Crippen molar-refractivity contribution in [3.63, 3.8) is 0 Å². The second-order valence-corrected chi connectivity index (χ2v) is 11.0. The van der Waals surface area contributed by atoms with E-state index in [0.29, 0.717) is 26.3 Å². The number of sulfonamides is 1. The number of hydrogen-bond donors (Lipinski definition) is 1. The summed E-state index contributed by atoms with van der Waals surface area (Å²) < 4.78 is 40.0. The molecule has 10 heteroatoms. The second kappa shape index (κ2) is 11.6. The molecule has 1 fully saturated rings. The SMILES string of the molecule is C/C=C/c1ccc2c(c1)O[C@@H](CN(C)C(=O)CN1CCOCC1)[C@H](C)CN([C@@H](C)CO)S2(=O)=O. The summed E-state index contributed by atoms with van der Waals surface area (Å²) in [5.74, 6) is 0.0214. The number of rotatable bonds is 7. The zero-order valence-corrected chi connectivity index (χ0v) is 21.3. The molecule has 1 N–H and O–H groups in total. The van der Waals surface area contributed by atoms with Gasteiger partial charge in [-0.05, 0) is 31.5 Å². The van der Waals surface area contributed by atoms with E-state index < -0.39 is 22.2 Å². The van der Waals surface area contributed by atoms with Crippen LogP contribution < -0.4 is 4.74 Å². The minimum absolute atomic E-state index is 0.0177. The third-order valence-corrected chi connectivity index (χ3v) is 8.41. The summed E-state index contributed by atoms with van der Waals surface area (Å²) in [6.45, 7) is 8.70. The molecule has 0 spiro atoms. The number of morpholine rings is 1. The zero-order chi connectivity index (χ0) is 24.9. The molecule has 190 valence electrons. The molecule has 0 aromatic heterocycles. The maximum atomic E-state index is 13.5. The van der Waals surface area contributed by atoms with E-state index in [4.69, 9.17) is 9.47 Å². The number of benzene rings is 1. The molecule has 1 amide bonds. The largest absolute Gasteiger partial charge is 0.487 e. The standard InChI is InChI=1S/C24H37N3O6S/c1-5-6-20-7-8-23-21(13-20)33-22(18(2)14-27(19(3)17-28)34(23,30)31)15-25(4)24(29)16-26-9-11-32-12-10-26/h5-8,13,18-19,22,28H,9-12,14-17H2,1-4H3/b6-5+/t18-,19+,22+/m1/s1. The van der Waals surface area contributed by atoms with Gasteiger partial charge in [-0.3, -0.25) is 9.69 Å². The summed E-state index contributed by atoms with van der Waals surface area (Å²) in [4.78, 5) is 16.7. The van der Waals surface area contributed by atoms with E-state index in [1.165, 1.54) is 4.31 Å². The van der Waals surface area contributed by atoms with Gasteiger partial charge in [0.15, 0.2) is 0 Å². The first-order chi connectivity index (χ1) is 16.2. The van der Waals surface area contributed by atoms with Crippen molar-refractivity contribution in [1.82, 2.24) is 14.1 Å². The number of allylic oxidation sites excluding steroid dienone is 1. The Hall–Kier alpha value is -1.98. The van der Waals surface area contributed by atoms with Gasteiger partial charge in [0.25, 0.3) is 0 Å². The fraction of sp³-hybridized carbons (Fsp3) is 0.625. The second-order valence-electron chi connectivity index (χ2n) is 9.11. The molecule has 0 bridgehead atoms. The molecular weight excluding hydrogens is 458 g/mol.